The predicted octanol–water partition coefficient (Wildman–Crippen LogP) is 1.70. The Morgan fingerprint density at radius 1 is 1.37 bits per heavy atom. The molecule has 0 unspecified atom stereocenters. The van der Waals surface area contributed by atoms with E-state index in [4.69, 9.17) is 5.11 Å². The van der Waals surface area contributed by atoms with Gasteiger partial charge in [0.1, 0.15) is 0 Å². The molecule has 0 saturated heterocycles. The van der Waals surface area contributed by atoms with E-state index in [0.29, 0.717) is 12.2 Å². The lowest BCUT2D eigenvalue weighted by Gasteiger charge is -2.20. The van der Waals surface area contributed by atoms with E-state index >= 15 is 0 Å². The summed E-state index contributed by atoms with van der Waals surface area (Å²) in [5.74, 6) is -1.24. The zero-order valence-corrected chi connectivity index (χ0v) is 11.9. The molecular formula is C13H20N2O3S. The van der Waals surface area contributed by atoms with E-state index in [9.17, 15) is 9.59 Å². The van der Waals surface area contributed by atoms with Crippen LogP contribution in [0.2, 0.25) is 0 Å². The first kappa shape index (κ1) is 15.7. The van der Waals surface area contributed by atoms with Crippen LogP contribution in [0.3, 0.4) is 0 Å². The topological polar surface area (TPSA) is 69.6 Å². The first-order valence-electron chi connectivity index (χ1n) is 6.42. The van der Waals surface area contributed by atoms with E-state index in [-0.39, 0.29) is 13.2 Å². The van der Waals surface area contributed by atoms with Crippen molar-refractivity contribution in [2.45, 2.75) is 26.2 Å². The van der Waals surface area contributed by atoms with Gasteiger partial charge in [-0.25, -0.2) is 0 Å². The number of anilines is 1. The monoisotopic (exact) mass is 284 g/mol. The Morgan fingerprint density at radius 2 is 2.16 bits per heavy atom. The van der Waals surface area contributed by atoms with Gasteiger partial charge in [0.2, 0.25) is 0 Å². The fourth-order valence-corrected chi connectivity index (χ4v) is 2.24. The van der Waals surface area contributed by atoms with Crippen LogP contribution in [0, 0.1) is 0 Å². The summed E-state index contributed by atoms with van der Waals surface area (Å²) in [6, 6.07) is 1.74. The fourth-order valence-electron chi connectivity index (χ4n) is 1.65. The molecule has 0 fully saturated rings. The van der Waals surface area contributed by atoms with Crippen LogP contribution in [0.25, 0.3) is 0 Å². The maximum atomic E-state index is 12.0. The van der Waals surface area contributed by atoms with Crippen LogP contribution in [0.4, 0.5) is 5.69 Å². The van der Waals surface area contributed by atoms with Gasteiger partial charge in [0, 0.05) is 18.5 Å². The first-order valence-corrected chi connectivity index (χ1v) is 7.36. The smallest absolute Gasteiger partial charge is 0.313 e. The molecule has 1 rings (SSSR count). The second kappa shape index (κ2) is 8.66. The lowest BCUT2D eigenvalue weighted by molar-refractivity contribution is -0.143. The molecule has 0 aromatic carbocycles. The van der Waals surface area contributed by atoms with Crippen molar-refractivity contribution in [3.05, 3.63) is 16.8 Å². The van der Waals surface area contributed by atoms with Crippen LogP contribution >= 0.6 is 11.3 Å². The van der Waals surface area contributed by atoms with Gasteiger partial charge in [-0.2, -0.15) is 11.3 Å². The molecular weight excluding hydrogens is 264 g/mol. The maximum Gasteiger partial charge on any atom is 0.313 e. The third-order valence-corrected chi connectivity index (χ3v) is 3.35. The quantitative estimate of drug-likeness (QED) is 0.591. The normalized spacial score (nSPS) is 10.2. The van der Waals surface area contributed by atoms with Gasteiger partial charge in [-0.3, -0.25) is 9.59 Å². The van der Waals surface area contributed by atoms with Crippen molar-refractivity contribution in [3.8, 4) is 0 Å². The molecule has 1 heterocycles. The van der Waals surface area contributed by atoms with Crippen molar-refractivity contribution in [2.24, 2.45) is 0 Å². The zero-order valence-electron chi connectivity index (χ0n) is 11.1. The summed E-state index contributed by atoms with van der Waals surface area (Å²) in [6.45, 7) is 2.63. The van der Waals surface area contributed by atoms with Gasteiger partial charge in [-0.05, 0) is 17.9 Å². The minimum absolute atomic E-state index is 0.135. The summed E-state index contributed by atoms with van der Waals surface area (Å²) in [4.78, 5) is 25.1. The molecule has 0 aliphatic carbocycles. The van der Waals surface area contributed by atoms with Gasteiger partial charge >= 0.3 is 11.8 Å². The molecule has 0 radical (unpaired) electrons. The average Bonchev–Trinajstić information content (AvgIpc) is 2.90. The van der Waals surface area contributed by atoms with Crippen LogP contribution in [-0.4, -0.2) is 41.5 Å². The van der Waals surface area contributed by atoms with Gasteiger partial charge in [0.05, 0.1) is 12.3 Å². The number of unbranched alkanes of at least 4 members (excludes halogenated alkanes) is 2. The number of amides is 2. The molecule has 0 bridgehead atoms. The lowest BCUT2D eigenvalue weighted by atomic mass is 10.2. The number of carbonyl (C=O) groups is 2. The summed E-state index contributed by atoms with van der Waals surface area (Å²) in [5.41, 5.74) is 0.626. The van der Waals surface area contributed by atoms with Gasteiger partial charge < -0.3 is 15.3 Å². The summed E-state index contributed by atoms with van der Waals surface area (Å²) >= 11 is 1.45. The van der Waals surface area contributed by atoms with Crippen molar-refractivity contribution >= 4 is 28.8 Å². The van der Waals surface area contributed by atoms with Crippen molar-refractivity contribution in [3.63, 3.8) is 0 Å². The number of carbonyl (C=O) groups excluding carboxylic acids is 2. The van der Waals surface area contributed by atoms with Crippen LogP contribution < -0.4 is 5.32 Å². The third-order valence-electron chi connectivity index (χ3n) is 2.66. The Kier molecular flexibility index (Phi) is 7.14. The highest BCUT2D eigenvalue weighted by Crippen LogP contribution is 2.12. The van der Waals surface area contributed by atoms with Gasteiger partial charge in [0.15, 0.2) is 0 Å². The molecule has 0 spiro atoms. The van der Waals surface area contributed by atoms with Crippen LogP contribution in [0.15, 0.2) is 16.8 Å². The van der Waals surface area contributed by atoms with E-state index in [1.54, 1.807) is 11.4 Å². The van der Waals surface area contributed by atoms with Crippen LogP contribution in [0.1, 0.15) is 26.2 Å². The number of aliphatic hydroxyl groups excluding tert-OH is 1. The van der Waals surface area contributed by atoms with Gasteiger partial charge in [-0.1, -0.05) is 19.8 Å². The number of nitrogens with one attached hydrogen (secondary N) is 1. The van der Waals surface area contributed by atoms with E-state index in [1.165, 1.54) is 16.2 Å². The number of rotatable bonds is 7. The fraction of sp³-hybridized carbons (Fsp3) is 0.538. The molecule has 106 valence electrons. The second-order valence-electron chi connectivity index (χ2n) is 4.19. The SMILES string of the molecule is CCCCCN(CCO)C(=O)C(=O)Nc1ccsc1. The summed E-state index contributed by atoms with van der Waals surface area (Å²) in [6.07, 6.45) is 2.89. The molecule has 0 aliphatic rings. The van der Waals surface area contributed by atoms with E-state index in [1.807, 2.05) is 5.38 Å². The Balaban J connectivity index is 2.51. The number of hydrogen-bond acceptors (Lipinski definition) is 4. The third kappa shape index (κ3) is 5.40. The molecule has 5 nitrogen and oxygen atoms in total. The highest BCUT2D eigenvalue weighted by molar-refractivity contribution is 7.08. The number of aliphatic hydroxyl groups is 1. The largest absolute Gasteiger partial charge is 0.395 e. The lowest BCUT2D eigenvalue weighted by Crippen LogP contribution is -2.41. The highest BCUT2D eigenvalue weighted by Gasteiger charge is 2.21. The Bertz CT molecular complexity index is 393. The van der Waals surface area contributed by atoms with Crippen LogP contribution in [-0.2, 0) is 9.59 Å². The van der Waals surface area contributed by atoms with Gasteiger partial charge in [-0.15, -0.1) is 0 Å². The molecule has 1 aromatic heterocycles. The summed E-state index contributed by atoms with van der Waals surface area (Å²) in [7, 11) is 0. The molecule has 19 heavy (non-hydrogen) atoms. The number of nitrogens with zero attached hydrogens (tertiary/aromatic N) is 1. The van der Waals surface area contributed by atoms with E-state index in [0.717, 1.165) is 19.3 Å². The van der Waals surface area contributed by atoms with Crippen molar-refractivity contribution < 1.29 is 14.7 Å². The highest BCUT2D eigenvalue weighted by atomic mass is 32.1. The summed E-state index contributed by atoms with van der Waals surface area (Å²) in [5, 5.41) is 15.1. The molecule has 0 atom stereocenters. The van der Waals surface area contributed by atoms with E-state index in [2.05, 4.69) is 12.2 Å². The van der Waals surface area contributed by atoms with Crippen molar-refractivity contribution in [1.82, 2.24) is 4.90 Å². The van der Waals surface area contributed by atoms with Crippen molar-refractivity contribution in [1.29, 1.82) is 0 Å². The first-order chi connectivity index (χ1) is 9.19. The van der Waals surface area contributed by atoms with Crippen LogP contribution in [0.5, 0.6) is 0 Å². The minimum Gasteiger partial charge on any atom is -0.395 e. The maximum absolute atomic E-state index is 12.0. The van der Waals surface area contributed by atoms with Crippen molar-refractivity contribution in [2.75, 3.05) is 25.0 Å². The molecule has 0 saturated carbocycles. The van der Waals surface area contributed by atoms with Gasteiger partial charge in [0.25, 0.3) is 0 Å². The predicted molar refractivity (Wildman–Crippen MR) is 76.1 cm³/mol. The molecule has 0 aliphatic heterocycles. The molecule has 6 heteroatoms. The standard InChI is InChI=1S/C13H20N2O3S/c1-2-3-4-6-15(7-8-16)13(18)12(17)14-11-5-9-19-10-11/h5,9-10,16H,2-4,6-8H2,1H3,(H,14,17). The summed E-state index contributed by atoms with van der Waals surface area (Å²) < 4.78 is 0. The number of thiophene rings is 1. The Hall–Kier alpha value is -1.40. The Labute approximate surface area is 117 Å². The minimum atomic E-state index is -0.650. The molecule has 1 aromatic rings. The van der Waals surface area contributed by atoms with E-state index < -0.39 is 11.8 Å². The molecule has 2 N–H and O–H groups in total. The second-order valence-corrected chi connectivity index (χ2v) is 4.97. The zero-order chi connectivity index (χ0) is 14.1. The molecule has 2 amide bonds. The number of hydrogen-bond donors (Lipinski definition) is 2. The average molecular weight is 284 g/mol. The Morgan fingerprint density at radius 3 is 2.74 bits per heavy atom.